The van der Waals surface area contributed by atoms with Crippen LogP contribution in [0.2, 0.25) is 0 Å². The van der Waals surface area contributed by atoms with Crippen molar-refractivity contribution >= 4 is 21.6 Å². The largest absolute Gasteiger partial charge is 0.396 e. The summed E-state index contributed by atoms with van der Waals surface area (Å²) < 4.78 is 54.3. The van der Waals surface area contributed by atoms with E-state index in [1.807, 2.05) is 6.92 Å². The molecule has 112 valence electrons. The van der Waals surface area contributed by atoms with Crippen molar-refractivity contribution < 1.29 is 17.2 Å². The molecule has 1 aromatic rings. The van der Waals surface area contributed by atoms with E-state index in [4.69, 9.17) is 5.73 Å². The van der Waals surface area contributed by atoms with E-state index >= 15 is 0 Å². The topological polar surface area (TPSA) is 75.4 Å². The van der Waals surface area contributed by atoms with Crippen molar-refractivity contribution in [2.24, 2.45) is 5.92 Å². The second kappa shape index (κ2) is 5.53. The van der Waals surface area contributed by atoms with Gasteiger partial charge in [-0.15, -0.1) is 0 Å². The molecule has 1 aromatic carbocycles. The van der Waals surface area contributed by atoms with Gasteiger partial charge in [0.2, 0.25) is 0 Å². The first kappa shape index (κ1) is 15.0. The Bertz CT molecular complexity index is 607. The molecular weight excluding hydrogens is 288 g/mol. The lowest BCUT2D eigenvalue weighted by molar-refractivity contribution is 0.282. The van der Waals surface area contributed by atoms with Crippen LogP contribution in [0.5, 0.6) is 0 Å². The highest BCUT2D eigenvalue weighted by Crippen LogP contribution is 2.24. The van der Waals surface area contributed by atoms with Crippen molar-refractivity contribution in [3.05, 3.63) is 23.8 Å². The van der Waals surface area contributed by atoms with Crippen molar-refractivity contribution in [1.82, 2.24) is 4.31 Å². The van der Waals surface area contributed by atoms with Gasteiger partial charge >= 0.3 is 10.2 Å². The van der Waals surface area contributed by atoms with Gasteiger partial charge in [0.05, 0.1) is 11.4 Å². The number of piperidine rings is 1. The summed E-state index contributed by atoms with van der Waals surface area (Å²) in [4.78, 5) is 0. The molecule has 20 heavy (non-hydrogen) atoms. The average Bonchev–Trinajstić information content (AvgIpc) is 2.36. The summed E-state index contributed by atoms with van der Waals surface area (Å²) in [6.45, 7) is 2.73. The van der Waals surface area contributed by atoms with Crippen LogP contribution >= 0.6 is 0 Å². The standard InChI is InChI=1S/C12H17F2N3O2S/c1-8-3-2-4-17(7-8)20(18,19)16-12-6-11(15)9(13)5-10(12)14/h5-6,8,16H,2-4,7,15H2,1H3. The predicted molar refractivity (Wildman–Crippen MR) is 73.3 cm³/mol. The van der Waals surface area contributed by atoms with Crippen LogP contribution in [0.25, 0.3) is 0 Å². The highest BCUT2D eigenvalue weighted by Gasteiger charge is 2.27. The van der Waals surface area contributed by atoms with Crippen molar-refractivity contribution in [3.63, 3.8) is 0 Å². The zero-order chi connectivity index (χ0) is 14.9. The van der Waals surface area contributed by atoms with Gasteiger partial charge in [0.25, 0.3) is 0 Å². The van der Waals surface area contributed by atoms with Crippen LogP contribution in [-0.2, 0) is 10.2 Å². The number of rotatable bonds is 3. The predicted octanol–water partition coefficient (Wildman–Crippen LogP) is 1.94. The molecule has 1 atom stereocenters. The maximum Gasteiger partial charge on any atom is 0.301 e. The molecule has 0 aliphatic carbocycles. The van der Waals surface area contributed by atoms with Gasteiger partial charge in [-0.25, -0.2) is 8.78 Å². The van der Waals surface area contributed by atoms with E-state index in [9.17, 15) is 17.2 Å². The number of halogens is 2. The maximum absolute atomic E-state index is 13.6. The monoisotopic (exact) mass is 305 g/mol. The van der Waals surface area contributed by atoms with Gasteiger partial charge in [0.1, 0.15) is 11.6 Å². The lowest BCUT2D eigenvalue weighted by Crippen LogP contribution is -2.42. The van der Waals surface area contributed by atoms with Gasteiger partial charge in [-0.1, -0.05) is 6.92 Å². The van der Waals surface area contributed by atoms with Crippen molar-refractivity contribution in [1.29, 1.82) is 0 Å². The summed E-state index contributed by atoms with van der Waals surface area (Å²) in [7, 11) is -3.86. The second-order valence-electron chi connectivity index (χ2n) is 5.07. The minimum atomic E-state index is -3.86. The van der Waals surface area contributed by atoms with Gasteiger partial charge in [0.15, 0.2) is 0 Å². The molecule has 1 fully saturated rings. The van der Waals surface area contributed by atoms with Crippen LogP contribution in [0.3, 0.4) is 0 Å². The van der Waals surface area contributed by atoms with Gasteiger partial charge in [-0.2, -0.15) is 12.7 Å². The molecule has 0 aromatic heterocycles. The third-order valence-electron chi connectivity index (χ3n) is 3.28. The van der Waals surface area contributed by atoms with E-state index in [1.165, 1.54) is 4.31 Å². The third kappa shape index (κ3) is 3.18. The van der Waals surface area contributed by atoms with E-state index in [0.29, 0.717) is 19.2 Å². The van der Waals surface area contributed by atoms with Gasteiger partial charge < -0.3 is 5.73 Å². The first-order chi connectivity index (χ1) is 9.29. The Balaban J connectivity index is 2.22. The normalized spacial score (nSPS) is 20.9. The van der Waals surface area contributed by atoms with E-state index in [-0.39, 0.29) is 17.3 Å². The summed E-state index contributed by atoms with van der Waals surface area (Å²) in [6.07, 6.45) is 1.72. The molecule has 0 saturated carbocycles. The Kier molecular flexibility index (Phi) is 4.14. The van der Waals surface area contributed by atoms with Crippen LogP contribution < -0.4 is 10.5 Å². The van der Waals surface area contributed by atoms with Crippen LogP contribution in [0.4, 0.5) is 20.2 Å². The van der Waals surface area contributed by atoms with Gasteiger partial charge in [0, 0.05) is 19.2 Å². The molecule has 1 unspecified atom stereocenters. The third-order valence-corrected chi connectivity index (χ3v) is 4.77. The highest BCUT2D eigenvalue weighted by molar-refractivity contribution is 7.90. The van der Waals surface area contributed by atoms with Crippen molar-refractivity contribution in [2.45, 2.75) is 19.8 Å². The Morgan fingerprint density at radius 3 is 2.70 bits per heavy atom. The van der Waals surface area contributed by atoms with Crippen LogP contribution in [0.1, 0.15) is 19.8 Å². The van der Waals surface area contributed by atoms with Crippen LogP contribution in [0.15, 0.2) is 12.1 Å². The smallest absolute Gasteiger partial charge is 0.301 e. The fraction of sp³-hybridized carbons (Fsp3) is 0.500. The highest BCUT2D eigenvalue weighted by atomic mass is 32.2. The summed E-state index contributed by atoms with van der Waals surface area (Å²) >= 11 is 0. The first-order valence-electron chi connectivity index (χ1n) is 6.32. The number of anilines is 2. The van der Waals surface area contributed by atoms with E-state index in [2.05, 4.69) is 4.72 Å². The van der Waals surface area contributed by atoms with Crippen molar-refractivity contribution in [2.75, 3.05) is 23.5 Å². The molecule has 0 spiro atoms. The molecule has 0 amide bonds. The van der Waals surface area contributed by atoms with E-state index in [0.717, 1.165) is 18.9 Å². The second-order valence-corrected chi connectivity index (χ2v) is 6.74. The number of nitrogens with two attached hydrogens (primary N) is 1. The molecule has 0 radical (unpaired) electrons. The molecule has 1 saturated heterocycles. The lowest BCUT2D eigenvalue weighted by Gasteiger charge is -2.30. The Morgan fingerprint density at radius 2 is 2.05 bits per heavy atom. The quantitative estimate of drug-likeness (QED) is 0.838. The SMILES string of the molecule is CC1CCCN(S(=O)(=O)Nc2cc(N)c(F)cc2F)C1. The molecule has 2 rings (SSSR count). The first-order valence-corrected chi connectivity index (χ1v) is 7.76. The van der Waals surface area contributed by atoms with Gasteiger partial charge in [-0.3, -0.25) is 4.72 Å². The average molecular weight is 305 g/mol. The number of nitrogens with one attached hydrogen (secondary N) is 1. The molecule has 1 aliphatic heterocycles. The van der Waals surface area contributed by atoms with Crippen molar-refractivity contribution in [3.8, 4) is 0 Å². The minimum absolute atomic E-state index is 0.253. The van der Waals surface area contributed by atoms with E-state index < -0.39 is 21.8 Å². The Labute approximate surface area is 116 Å². The summed E-state index contributed by atoms with van der Waals surface area (Å²) in [5, 5.41) is 0. The van der Waals surface area contributed by atoms with Gasteiger partial charge in [-0.05, 0) is 24.8 Å². The van der Waals surface area contributed by atoms with Crippen LogP contribution in [-0.4, -0.2) is 25.8 Å². The fourth-order valence-corrected chi connectivity index (χ4v) is 3.60. The number of benzene rings is 1. The Morgan fingerprint density at radius 1 is 1.35 bits per heavy atom. The molecule has 3 N–H and O–H groups in total. The minimum Gasteiger partial charge on any atom is -0.396 e. The molecule has 8 heteroatoms. The number of nitrogens with zero attached hydrogens (tertiary/aromatic N) is 1. The molecule has 0 bridgehead atoms. The van der Waals surface area contributed by atoms with E-state index in [1.54, 1.807) is 0 Å². The van der Waals surface area contributed by atoms with Crippen LogP contribution in [0, 0.1) is 17.6 Å². The number of nitrogen functional groups attached to an aromatic ring is 1. The molecule has 1 aliphatic rings. The molecule has 5 nitrogen and oxygen atoms in total. The number of hydrogen-bond acceptors (Lipinski definition) is 3. The maximum atomic E-state index is 13.6. The summed E-state index contributed by atoms with van der Waals surface area (Å²) in [5.41, 5.74) is 4.66. The fourth-order valence-electron chi connectivity index (χ4n) is 2.21. The summed E-state index contributed by atoms with van der Waals surface area (Å²) in [5.74, 6) is -1.66. The summed E-state index contributed by atoms with van der Waals surface area (Å²) in [6, 6.07) is 1.50. The molecular formula is C12H17F2N3O2S. The zero-order valence-electron chi connectivity index (χ0n) is 11.1. The number of hydrogen-bond donors (Lipinski definition) is 2. The lowest BCUT2D eigenvalue weighted by atomic mass is 10.0. The zero-order valence-corrected chi connectivity index (χ0v) is 11.9. The Hall–Kier alpha value is -1.41. The molecule has 1 heterocycles.